The maximum absolute atomic E-state index is 12.7. The van der Waals surface area contributed by atoms with Gasteiger partial charge in [-0.15, -0.1) is 17.5 Å². The lowest BCUT2D eigenvalue weighted by molar-refractivity contribution is -0.136. The molecular weight excluding hydrogens is 342 g/mol. The standard InChI is InChI=1S/C17H23N5O2.ClH/c1-13(19-16(23)17(12-18)7-9-24-10-8-17)15-11-22(21-20-15)14-5-3-2-4-6-14;/h2-6,11,13H,7-10,12,18H2,1H3,(H,19,23);1H. The maximum Gasteiger partial charge on any atom is 0.228 e. The minimum atomic E-state index is -0.540. The summed E-state index contributed by atoms with van der Waals surface area (Å²) in [4.78, 5) is 12.7. The molecule has 0 saturated carbocycles. The Morgan fingerprint density at radius 2 is 2.04 bits per heavy atom. The molecule has 1 aromatic heterocycles. The van der Waals surface area contributed by atoms with Gasteiger partial charge in [-0.1, -0.05) is 23.4 Å². The first kappa shape index (κ1) is 19.4. The summed E-state index contributed by atoms with van der Waals surface area (Å²) in [5, 5.41) is 11.3. The van der Waals surface area contributed by atoms with E-state index in [1.165, 1.54) is 0 Å². The zero-order valence-corrected chi connectivity index (χ0v) is 15.0. The molecule has 1 atom stereocenters. The molecule has 1 aliphatic heterocycles. The Morgan fingerprint density at radius 3 is 2.68 bits per heavy atom. The van der Waals surface area contributed by atoms with Crippen molar-refractivity contribution < 1.29 is 9.53 Å². The molecule has 25 heavy (non-hydrogen) atoms. The summed E-state index contributed by atoms with van der Waals surface area (Å²) in [7, 11) is 0. The second kappa shape index (κ2) is 8.42. The molecule has 0 spiro atoms. The average molecular weight is 366 g/mol. The van der Waals surface area contributed by atoms with Gasteiger partial charge in [0.05, 0.1) is 23.3 Å². The molecule has 0 radical (unpaired) electrons. The predicted octanol–water partition coefficient (Wildman–Crippen LogP) is 1.62. The zero-order valence-electron chi connectivity index (χ0n) is 14.2. The van der Waals surface area contributed by atoms with Gasteiger partial charge in [0.15, 0.2) is 0 Å². The van der Waals surface area contributed by atoms with Crippen LogP contribution in [-0.4, -0.2) is 40.7 Å². The number of benzene rings is 1. The van der Waals surface area contributed by atoms with E-state index in [4.69, 9.17) is 10.5 Å². The lowest BCUT2D eigenvalue weighted by Gasteiger charge is -2.35. The van der Waals surface area contributed by atoms with Crippen molar-refractivity contribution in [3.8, 4) is 5.69 Å². The number of amides is 1. The molecule has 1 aromatic carbocycles. The summed E-state index contributed by atoms with van der Waals surface area (Å²) >= 11 is 0. The Morgan fingerprint density at radius 1 is 1.36 bits per heavy atom. The highest BCUT2D eigenvalue weighted by Crippen LogP contribution is 2.30. The average Bonchev–Trinajstić information content (AvgIpc) is 3.13. The summed E-state index contributed by atoms with van der Waals surface area (Å²) in [6.45, 7) is 3.37. The molecule has 136 valence electrons. The summed E-state index contributed by atoms with van der Waals surface area (Å²) in [6.07, 6.45) is 3.14. The fourth-order valence-electron chi connectivity index (χ4n) is 2.89. The van der Waals surface area contributed by atoms with Crippen LogP contribution in [0.4, 0.5) is 0 Å². The first-order valence-corrected chi connectivity index (χ1v) is 8.21. The topological polar surface area (TPSA) is 95.1 Å². The number of nitrogens with zero attached hydrogens (tertiary/aromatic N) is 3. The lowest BCUT2D eigenvalue weighted by Crippen LogP contribution is -2.49. The van der Waals surface area contributed by atoms with Gasteiger partial charge in [0.25, 0.3) is 0 Å². The molecule has 0 aliphatic carbocycles. The van der Waals surface area contributed by atoms with Gasteiger partial charge in [-0.3, -0.25) is 4.79 Å². The fourth-order valence-corrected chi connectivity index (χ4v) is 2.89. The molecule has 2 heterocycles. The minimum Gasteiger partial charge on any atom is -0.381 e. The van der Waals surface area contributed by atoms with Gasteiger partial charge < -0.3 is 15.8 Å². The van der Waals surface area contributed by atoms with Gasteiger partial charge in [-0.25, -0.2) is 4.68 Å². The van der Waals surface area contributed by atoms with Gasteiger partial charge in [0.2, 0.25) is 5.91 Å². The second-order valence-corrected chi connectivity index (χ2v) is 6.22. The number of nitrogens with one attached hydrogen (secondary N) is 1. The third-order valence-electron chi connectivity index (χ3n) is 4.65. The van der Waals surface area contributed by atoms with Crippen molar-refractivity contribution in [2.75, 3.05) is 19.8 Å². The third kappa shape index (κ3) is 4.18. The van der Waals surface area contributed by atoms with Gasteiger partial charge in [0, 0.05) is 19.8 Å². The van der Waals surface area contributed by atoms with Crippen LogP contribution in [0.5, 0.6) is 0 Å². The first-order valence-electron chi connectivity index (χ1n) is 8.21. The molecule has 3 N–H and O–H groups in total. The highest BCUT2D eigenvalue weighted by Gasteiger charge is 2.39. The molecule has 3 rings (SSSR count). The van der Waals surface area contributed by atoms with Crippen LogP contribution in [0.25, 0.3) is 5.69 Å². The van der Waals surface area contributed by atoms with Crippen LogP contribution in [0, 0.1) is 5.41 Å². The Balaban J connectivity index is 0.00000225. The fraction of sp³-hybridized carbons (Fsp3) is 0.471. The largest absolute Gasteiger partial charge is 0.381 e. The monoisotopic (exact) mass is 365 g/mol. The molecule has 1 aliphatic rings. The van der Waals surface area contributed by atoms with E-state index in [2.05, 4.69) is 15.6 Å². The normalized spacial score (nSPS) is 17.4. The molecule has 1 fully saturated rings. The van der Waals surface area contributed by atoms with Crippen molar-refractivity contribution in [1.29, 1.82) is 0 Å². The smallest absolute Gasteiger partial charge is 0.228 e. The van der Waals surface area contributed by atoms with Crippen molar-refractivity contribution in [2.24, 2.45) is 11.1 Å². The third-order valence-corrected chi connectivity index (χ3v) is 4.65. The summed E-state index contributed by atoms with van der Waals surface area (Å²) in [5.74, 6) is -0.0324. The molecule has 0 bridgehead atoms. The number of carbonyl (C=O) groups is 1. The molecular formula is C17H24ClN5O2. The van der Waals surface area contributed by atoms with Gasteiger partial charge in [-0.2, -0.15) is 0 Å². The quantitative estimate of drug-likeness (QED) is 0.839. The molecule has 2 aromatic rings. The van der Waals surface area contributed by atoms with Crippen LogP contribution >= 0.6 is 12.4 Å². The molecule has 1 saturated heterocycles. The van der Waals surface area contributed by atoms with E-state index in [1.807, 2.05) is 43.5 Å². The Kier molecular flexibility index (Phi) is 6.52. The predicted molar refractivity (Wildman–Crippen MR) is 96.7 cm³/mol. The Bertz CT molecular complexity index is 685. The number of aromatic nitrogens is 3. The maximum atomic E-state index is 12.7. The van der Waals surface area contributed by atoms with Crippen molar-refractivity contribution >= 4 is 18.3 Å². The van der Waals surface area contributed by atoms with Crippen molar-refractivity contribution in [3.05, 3.63) is 42.2 Å². The molecule has 7 nitrogen and oxygen atoms in total. The van der Waals surface area contributed by atoms with Crippen LogP contribution in [0.2, 0.25) is 0 Å². The van der Waals surface area contributed by atoms with Crippen molar-refractivity contribution in [2.45, 2.75) is 25.8 Å². The summed E-state index contributed by atoms with van der Waals surface area (Å²) in [6, 6.07) is 9.50. The van der Waals surface area contributed by atoms with Crippen LogP contribution in [0.15, 0.2) is 36.5 Å². The number of carbonyl (C=O) groups excluding carboxylic acids is 1. The van der Waals surface area contributed by atoms with Crippen LogP contribution in [-0.2, 0) is 9.53 Å². The second-order valence-electron chi connectivity index (χ2n) is 6.22. The highest BCUT2D eigenvalue weighted by molar-refractivity contribution is 5.85. The summed E-state index contributed by atoms with van der Waals surface area (Å²) in [5.41, 5.74) is 6.99. The number of para-hydroxylation sites is 1. The van der Waals surface area contributed by atoms with Crippen molar-refractivity contribution in [1.82, 2.24) is 20.3 Å². The number of ether oxygens (including phenoxy) is 1. The number of rotatable bonds is 5. The Labute approximate surface area is 153 Å². The van der Waals surface area contributed by atoms with E-state index in [0.29, 0.717) is 38.3 Å². The number of halogens is 1. The summed E-state index contributed by atoms with van der Waals surface area (Å²) < 4.78 is 7.06. The highest BCUT2D eigenvalue weighted by atomic mass is 35.5. The van der Waals surface area contributed by atoms with Crippen LogP contribution < -0.4 is 11.1 Å². The van der Waals surface area contributed by atoms with E-state index in [1.54, 1.807) is 4.68 Å². The van der Waals surface area contributed by atoms with E-state index in [0.717, 1.165) is 5.69 Å². The van der Waals surface area contributed by atoms with Gasteiger partial charge in [0.1, 0.15) is 5.69 Å². The van der Waals surface area contributed by atoms with Gasteiger partial charge in [-0.05, 0) is 31.9 Å². The van der Waals surface area contributed by atoms with Crippen molar-refractivity contribution in [3.63, 3.8) is 0 Å². The Hall–Kier alpha value is -1.96. The van der Waals surface area contributed by atoms with E-state index >= 15 is 0 Å². The zero-order chi connectivity index (χ0) is 17.0. The number of hydrogen-bond acceptors (Lipinski definition) is 5. The SMILES string of the molecule is CC(NC(=O)C1(CN)CCOCC1)c1cn(-c2ccccc2)nn1.Cl. The van der Waals surface area contributed by atoms with Gasteiger partial charge >= 0.3 is 0 Å². The number of hydrogen-bond donors (Lipinski definition) is 2. The molecule has 8 heteroatoms. The number of nitrogens with two attached hydrogens (primary N) is 1. The van der Waals surface area contributed by atoms with Crippen LogP contribution in [0.3, 0.4) is 0 Å². The van der Waals surface area contributed by atoms with E-state index in [9.17, 15) is 4.79 Å². The minimum absolute atomic E-state index is 0. The lowest BCUT2D eigenvalue weighted by atomic mass is 9.79. The van der Waals surface area contributed by atoms with Crippen LogP contribution in [0.1, 0.15) is 31.5 Å². The molecule has 1 amide bonds. The molecule has 1 unspecified atom stereocenters. The first-order chi connectivity index (χ1) is 11.6. The van der Waals surface area contributed by atoms with E-state index in [-0.39, 0.29) is 24.4 Å². The van der Waals surface area contributed by atoms with E-state index < -0.39 is 5.41 Å².